The Labute approximate surface area is 205 Å². The molecule has 0 aromatic heterocycles. The van der Waals surface area contributed by atoms with Gasteiger partial charge in [-0.3, -0.25) is 0 Å². The Morgan fingerprint density at radius 1 is 1.00 bits per heavy atom. The third-order valence-electron chi connectivity index (χ3n) is 8.29. The molecule has 1 atom stereocenters. The Morgan fingerprint density at radius 2 is 1.77 bits per heavy atom. The number of hydrogen-bond donors (Lipinski definition) is 0. The second-order valence-electron chi connectivity index (χ2n) is 10.8. The molecule has 3 fully saturated rings. The average Bonchev–Trinajstić information content (AvgIpc) is 3.43. The van der Waals surface area contributed by atoms with Crippen molar-refractivity contribution in [2.75, 3.05) is 36.8 Å². The summed E-state index contributed by atoms with van der Waals surface area (Å²) in [5, 5.41) is 0. The van der Waals surface area contributed by atoms with E-state index in [9.17, 15) is 21.6 Å². The number of fused-ring (bicyclic) bond motifs is 1. The zero-order valence-electron chi connectivity index (χ0n) is 19.7. The predicted octanol–water partition coefficient (Wildman–Crippen LogP) is 5.33. The van der Waals surface area contributed by atoms with Crippen molar-refractivity contribution >= 4 is 15.7 Å². The van der Waals surface area contributed by atoms with Gasteiger partial charge < -0.3 is 4.90 Å². The van der Waals surface area contributed by atoms with E-state index >= 15 is 0 Å². The van der Waals surface area contributed by atoms with Crippen LogP contribution in [-0.4, -0.2) is 44.7 Å². The molecular weight excluding hydrogens is 473 g/mol. The van der Waals surface area contributed by atoms with Crippen LogP contribution in [0.25, 0.3) is 0 Å². The molecule has 2 aromatic carbocycles. The van der Waals surface area contributed by atoms with Crippen molar-refractivity contribution < 1.29 is 21.6 Å². The van der Waals surface area contributed by atoms with Crippen LogP contribution in [0.5, 0.6) is 0 Å². The van der Waals surface area contributed by atoms with Gasteiger partial charge in [0.25, 0.3) is 0 Å². The van der Waals surface area contributed by atoms with Gasteiger partial charge in [0.2, 0.25) is 10.0 Å². The topological polar surface area (TPSA) is 40.6 Å². The van der Waals surface area contributed by atoms with Crippen LogP contribution in [0.2, 0.25) is 0 Å². The summed E-state index contributed by atoms with van der Waals surface area (Å²) in [5.41, 5.74) is 4.28. The van der Waals surface area contributed by atoms with E-state index < -0.39 is 21.8 Å². The quantitative estimate of drug-likeness (QED) is 0.512. The number of rotatable bonds is 7. The lowest BCUT2D eigenvalue weighted by molar-refractivity contribution is -0.137. The first kappa shape index (κ1) is 23.3. The number of halogens is 3. The van der Waals surface area contributed by atoms with E-state index in [1.165, 1.54) is 17.2 Å². The number of alkyl halides is 3. The summed E-state index contributed by atoms with van der Waals surface area (Å²) in [7, 11) is -3.15. The Balaban J connectivity index is 1.21. The summed E-state index contributed by atoms with van der Waals surface area (Å²) in [5.74, 6) is 1.00. The third-order valence-corrected chi connectivity index (χ3v) is 10.3. The van der Waals surface area contributed by atoms with E-state index in [2.05, 4.69) is 18.2 Å². The molecule has 35 heavy (non-hydrogen) atoms. The zero-order chi connectivity index (χ0) is 24.4. The number of para-hydroxylation sites is 1. The van der Waals surface area contributed by atoms with Gasteiger partial charge in [-0.05, 0) is 78.7 Å². The minimum absolute atomic E-state index is 0.184. The molecule has 2 heterocycles. The summed E-state index contributed by atoms with van der Waals surface area (Å²) >= 11 is 0. The fourth-order valence-corrected chi connectivity index (χ4v) is 7.85. The smallest absolute Gasteiger partial charge is 0.371 e. The Hall–Kier alpha value is -2.06. The van der Waals surface area contributed by atoms with E-state index in [0.717, 1.165) is 43.2 Å². The lowest BCUT2D eigenvalue weighted by Gasteiger charge is -2.39. The second-order valence-corrected chi connectivity index (χ2v) is 12.8. The number of benzene rings is 2. The SMILES string of the molecule is O=S(=O)(CC1CC1)N1CC(c2ccc3c(c2)C(Cc2cccc(C(F)(F)F)c2N2CCC2)CC3)C1. The summed E-state index contributed by atoms with van der Waals surface area (Å²) < 4.78 is 68.1. The van der Waals surface area contributed by atoms with Crippen molar-refractivity contribution in [3.8, 4) is 0 Å². The summed E-state index contributed by atoms with van der Waals surface area (Å²) in [6.07, 6.45) is 1.07. The molecule has 2 aliphatic carbocycles. The first-order chi connectivity index (χ1) is 16.7. The predicted molar refractivity (Wildman–Crippen MR) is 130 cm³/mol. The number of anilines is 1. The molecular formula is C27H31F3N2O2S. The minimum Gasteiger partial charge on any atom is -0.371 e. The van der Waals surface area contributed by atoms with Crippen LogP contribution in [0, 0.1) is 5.92 Å². The van der Waals surface area contributed by atoms with Crippen molar-refractivity contribution in [2.45, 2.75) is 56.5 Å². The van der Waals surface area contributed by atoms with Crippen LogP contribution < -0.4 is 4.90 Å². The Bertz CT molecular complexity index is 1230. The van der Waals surface area contributed by atoms with Gasteiger partial charge in [0.15, 0.2) is 0 Å². The molecule has 6 rings (SSSR count). The maximum atomic E-state index is 13.8. The van der Waals surface area contributed by atoms with Crippen molar-refractivity contribution in [1.82, 2.24) is 4.31 Å². The van der Waals surface area contributed by atoms with E-state index in [1.54, 1.807) is 10.4 Å². The van der Waals surface area contributed by atoms with Crippen LogP contribution in [0.1, 0.15) is 65.3 Å². The molecule has 188 valence electrons. The van der Waals surface area contributed by atoms with Gasteiger partial charge in [-0.1, -0.05) is 30.3 Å². The molecule has 0 bridgehead atoms. The zero-order valence-corrected chi connectivity index (χ0v) is 20.5. The van der Waals surface area contributed by atoms with Crippen LogP contribution in [0.15, 0.2) is 36.4 Å². The lowest BCUT2D eigenvalue weighted by atomic mass is 9.87. The second kappa shape index (κ2) is 8.51. The molecule has 0 N–H and O–H groups in total. The van der Waals surface area contributed by atoms with Crippen LogP contribution >= 0.6 is 0 Å². The molecule has 0 amide bonds. The minimum atomic E-state index is -4.36. The van der Waals surface area contributed by atoms with Crippen LogP contribution in [0.3, 0.4) is 0 Å². The van der Waals surface area contributed by atoms with Gasteiger partial charge in [0.1, 0.15) is 0 Å². The van der Waals surface area contributed by atoms with Crippen LogP contribution in [-0.2, 0) is 29.0 Å². The normalized spacial score (nSPS) is 23.2. The van der Waals surface area contributed by atoms with Crippen molar-refractivity contribution in [2.24, 2.45) is 5.92 Å². The van der Waals surface area contributed by atoms with Crippen LogP contribution in [0.4, 0.5) is 18.9 Å². The molecule has 8 heteroatoms. The molecule has 1 unspecified atom stereocenters. The van der Waals surface area contributed by atoms with Gasteiger partial charge in [-0.25, -0.2) is 12.7 Å². The first-order valence-electron chi connectivity index (χ1n) is 12.7. The maximum absolute atomic E-state index is 13.8. The molecule has 4 nitrogen and oxygen atoms in total. The molecule has 2 aromatic rings. The standard InChI is InChI=1S/C27H31F3N2O2S/c28-27(29,30)25-4-1-3-22(26(25)31-11-2-12-31)13-21-10-8-19-7-9-20(14-24(19)21)23-15-32(16-23)35(33,34)17-18-5-6-18/h1,3-4,7,9,14,18,21,23H,2,5-6,8,10-13,15-17H2. The van der Waals surface area contributed by atoms with E-state index in [1.807, 2.05) is 11.0 Å². The molecule has 2 saturated heterocycles. The molecule has 1 saturated carbocycles. The first-order valence-corrected chi connectivity index (χ1v) is 14.3. The highest BCUT2D eigenvalue weighted by Crippen LogP contribution is 2.44. The molecule has 2 aliphatic heterocycles. The summed E-state index contributed by atoms with van der Waals surface area (Å²) in [4.78, 5) is 1.87. The van der Waals surface area contributed by atoms with E-state index in [4.69, 9.17) is 0 Å². The fraction of sp³-hybridized carbons (Fsp3) is 0.556. The monoisotopic (exact) mass is 504 g/mol. The van der Waals surface area contributed by atoms with Gasteiger partial charge in [0.05, 0.1) is 17.0 Å². The van der Waals surface area contributed by atoms with Crippen molar-refractivity contribution in [3.05, 3.63) is 64.2 Å². The summed E-state index contributed by atoms with van der Waals surface area (Å²) in [6, 6.07) is 11.1. The Kier molecular flexibility index (Phi) is 5.68. The fourth-order valence-electron chi connectivity index (χ4n) is 5.90. The lowest BCUT2D eigenvalue weighted by Crippen LogP contribution is -2.49. The number of sulfonamides is 1. The third kappa shape index (κ3) is 4.48. The van der Waals surface area contributed by atoms with Gasteiger partial charge in [-0.2, -0.15) is 13.2 Å². The number of hydrogen-bond acceptors (Lipinski definition) is 3. The van der Waals surface area contributed by atoms with E-state index in [0.29, 0.717) is 44.2 Å². The van der Waals surface area contributed by atoms with Gasteiger partial charge in [-0.15, -0.1) is 0 Å². The van der Waals surface area contributed by atoms with E-state index in [-0.39, 0.29) is 17.6 Å². The molecule has 0 spiro atoms. The highest BCUT2D eigenvalue weighted by Gasteiger charge is 2.40. The summed E-state index contributed by atoms with van der Waals surface area (Å²) in [6.45, 7) is 2.41. The van der Waals surface area contributed by atoms with Crippen molar-refractivity contribution in [1.29, 1.82) is 0 Å². The van der Waals surface area contributed by atoms with Gasteiger partial charge in [0, 0.05) is 32.1 Å². The molecule has 4 aliphatic rings. The highest BCUT2D eigenvalue weighted by molar-refractivity contribution is 7.89. The maximum Gasteiger partial charge on any atom is 0.418 e. The Morgan fingerprint density at radius 3 is 2.43 bits per heavy atom. The average molecular weight is 505 g/mol. The number of nitrogens with zero attached hydrogens (tertiary/aromatic N) is 2. The molecule has 0 radical (unpaired) electrons. The largest absolute Gasteiger partial charge is 0.418 e. The highest BCUT2D eigenvalue weighted by atomic mass is 32.2. The van der Waals surface area contributed by atoms with Crippen molar-refractivity contribution in [3.63, 3.8) is 0 Å². The van der Waals surface area contributed by atoms with Gasteiger partial charge >= 0.3 is 6.18 Å². The number of aryl methyl sites for hydroxylation is 1.